The van der Waals surface area contributed by atoms with Crippen molar-refractivity contribution in [1.82, 2.24) is 14.2 Å². The Hall–Kier alpha value is -2.63. The molecule has 2 aromatic rings. The minimum Gasteiger partial charge on any atom is -0.351 e. The number of Topliss-reactive ketones (excluding diaryl/α,β-unsaturated/α-hetero) is 1. The minimum atomic E-state index is -3.59. The van der Waals surface area contributed by atoms with Crippen LogP contribution in [0.15, 0.2) is 29.2 Å². The maximum Gasteiger partial charge on any atom is 0.257 e. The molecule has 0 unspecified atom stereocenters. The molecular formula is C20H26N4O5S2. The summed E-state index contributed by atoms with van der Waals surface area (Å²) in [5, 5.41) is 2.94. The Morgan fingerprint density at radius 1 is 1.23 bits per heavy atom. The van der Waals surface area contributed by atoms with Gasteiger partial charge in [-0.05, 0) is 38.0 Å². The number of carbonyl (C=O) groups is 3. The molecule has 31 heavy (non-hydrogen) atoms. The standard InChI is InChI=1S/C17H19N3O4S2.C3H7NO/c1-11-15(12(2)21)25-17(18-11)19-16(22)13-6-5-7-14(10-13)26(23,24)20-8-3-4-9-20;1-4(2)3-5/h5-7,10H,3-4,8-9H2,1-2H3,(H,18,19,22);3H,1-2H3. The fraction of sp³-hybridized carbons (Fsp3) is 0.400. The van der Waals surface area contributed by atoms with Crippen LogP contribution in [-0.4, -0.2) is 67.9 Å². The van der Waals surface area contributed by atoms with E-state index in [-0.39, 0.29) is 16.2 Å². The SMILES string of the molecule is CC(=O)c1sc(NC(=O)c2cccc(S(=O)(=O)N3CCCC3)c2)nc1C.CN(C)C=O. The number of hydrogen-bond acceptors (Lipinski definition) is 7. The second kappa shape index (κ2) is 10.6. The van der Waals surface area contributed by atoms with Crippen LogP contribution in [0, 0.1) is 6.92 Å². The molecule has 0 aliphatic carbocycles. The van der Waals surface area contributed by atoms with Crippen molar-refractivity contribution < 1.29 is 22.8 Å². The largest absolute Gasteiger partial charge is 0.351 e. The molecule has 9 nitrogen and oxygen atoms in total. The number of sulfonamides is 1. The zero-order chi connectivity index (χ0) is 23.2. The average Bonchev–Trinajstić information content (AvgIpc) is 3.39. The molecule has 3 rings (SSSR count). The number of carbonyl (C=O) groups excluding carboxylic acids is 3. The zero-order valence-corrected chi connectivity index (χ0v) is 19.5. The molecule has 1 aromatic heterocycles. The second-order valence-electron chi connectivity index (χ2n) is 7.15. The number of nitrogens with zero attached hydrogens (tertiary/aromatic N) is 3. The molecule has 1 aromatic carbocycles. The van der Waals surface area contributed by atoms with Crippen LogP contribution < -0.4 is 5.32 Å². The summed E-state index contributed by atoms with van der Waals surface area (Å²) in [6.45, 7) is 4.15. The molecule has 1 N–H and O–H groups in total. The van der Waals surface area contributed by atoms with Crippen molar-refractivity contribution in [3.63, 3.8) is 0 Å². The number of aromatic nitrogens is 1. The smallest absolute Gasteiger partial charge is 0.257 e. The number of thiazole rings is 1. The van der Waals surface area contributed by atoms with E-state index in [0.29, 0.717) is 28.8 Å². The number of aryl methyl sites for hydroxylation is 1. The Morgan fingerprint density at radius 3 is 2.35 bits per heavy atom. The highest BCUT2D eigenvalue weighted by atomic mass is 32.2. The molecule has 1 fully saturated rings. The van der Waals surface area contributed by atoms with Crippen molar-refractivity contribution in [2.75, 3.05) is 32.5 Å². The lowest BCUT2D eigenvalue weighted by Crippen LogP contribution is -2.28. The van der Waals surface area contributed by atoms with Crippen LogP contribution in [0.5, 0.6) is 0 Å². The first-order chi connectivity index (χ1) is 14.6. The van der Waals surface area contributed by atoms with Crippen LogP contribution in [0.4, 0.5) is 5.13 Å². The van der Waals surface area contributed by atoms with E-state index in [9.17, 15) is 22.8 Å². The van der Waals surface area contributed by atoms with Crippen LogP contribution in [0.1, 0.15) is 45.5 Å². The summed E-state index contributed by atoms with van der Waals surface area (Å²) in [4.78, 5) is 39.6. The molecule has 0 saturated carbocycles. The van der Waals surface area contributed by atoms with Crippen molar-refractivity contribution >= 4 is 44.6 Å². The molecule has 1 aliphatic heterocycles. The number of amides is 2. The Labute approximate surface area is 186 Å². The summed E-state index contributed by atoms with van der Waals surface area (Å²) in [5.41, 5.74) is 0.783. The molecular weight excluding hydrogens is 440 g/mol. The minimum absolute atomic E-state index is 0.104. The molecule has 168 valence electrons. The number of anilines is 1. The highest BCUT2D eigenvalue weighted by molar-refractivity contribution is 7.89. The Kier molecular flexibility index (Phi) is 8.43. The highest BCUT2D eigenvalue weighted by Gasteiger charge is 2.27. The summed E-state index contributed by atoms with van der Waals surface area (Å²) in [6.07, 6.45) is 2.45. The van der Waals surface area contributed by atoms with Gasteiger partial charge >= 0.3 is 0 Å². The van der Waals surface area contributed by atoms with Gasteiger partial charge in [-0.25, -0.2) is 13.4 Å². The van der Waals surface area contributed by atoms with E-state index in [4.69, 9.17) is 0 Å². The molecule has 0 spiro atoms. The van der Waals surface area contributed by atoms with Crippen molar-refractivity contribution in [3.05, 3.63) is 40.4 Å². The first-order valence-electron chi connectivity index (χ1n) is 9.58. The van der Waals surface area contributed by atoms with Gasteiger partial charge in [0.15, 0.2) is 10.9 Å². The Morgan fingerprint density at radius 2 is 1.84 bits per heavy atom. The zero-order valence-electron chi connectivity index (χ0n) is 17.9. The summed E-state index contributed by atoms with van der Waals surface area (Å²) in [7, 11) is -0.211. The van der Waals surface area contributed by atoms with Crippen molar-refractivity contribution in [2.24, 2.45) is 0 Å². The highest BCUT2D eigenvalue weighted by Crippen LogP contribution is 2.25. The third kappa shape index (κ3) is 6.42. The van der Waals surface area contributed by atoms with Gasteiger partial charge < -0.3 is 4.90 Å². The first kappa shape index (κ1) is 24.6. The van der Waals surface area contributed by atoms with Gasteiger partial charge in [-0.1, -0.05) is 17.4 Å². The molecule has 2 heterocycles. The summed E-state index contributed by atoms with van der Waals surface area (Å²) < 4.78 is 26.7. The third-order valence-corrected chi connectivity index (χ3v) is 7.41. The van der Waals surface area contributed by atoms with E-state index in [2.05, 4.69) is 10.3 Å². The fourth-order valence-corrected chi connectivity index (χ4v) is 5.24. The van der Waals surface area contributed by atoms with Crippen LogP contribution in [0.25, 0.3) is 0 Å². The molecule has 1 saturated heterocycles. The Bertz CT molecular complexity index is 1060. The van der Waals surface area contributed by atoms with Crippen LogP contribution in [-0.2, 0) is 14.8 Å². The topological polar surface area (TPSA) is 117 Å². The predicted octanol–water partition coefficient (Wildman–Crippen LogP) is 2.40. The maximum atomic E-state index is 12.6. The second-order valence-corrected chi connectivity index (χ2v) is 10.1. The van der Waals surface area contributed by atoms with Gasteiger partial charge in [0.2, 0.25) is 16.4 Å². The summed E-state index contributed by atoms with van der Waals surface area (Å²) in [6, 6.07) is 5.96. The van der Waals surface area contributed by atoms with E-state index in [1.165, 1.54) is 28.3 Å². The molecule has 0 bridgehead atoms. The summed E-state index contributed by atoms with van der Waals surface area (Å²) >= 11 is 1.10. The molecule has 2 amide bonds. The van der Waals surface area contributed by atoms with E-state index >= 15 is 0 Å². The molecule has 11 heteroatoms. The lowest BCUT2D eigenvalue weighted by Gasteiger charge is -2.15. The van der Waals surface area contributed by atoms with Crippen molar-refractivity contribution in [3.8, 4) is 0 Å². The van der Waals surface area contributed by atoms with Crippen molar-refractivity contribution in [1.29, 1.82) is 0 Å². The average molecular weight is 467 g/mol. The van der Waals surface area contributed by atoms with E-state index in [1.807, 2.05) is 0 Å². The van der Waals surface area contributed by atoms with E-state index in [0.717, 1.165) is 30.6 Å². The molecule has 0 radical (unpaired) electrons. The van der Waals surface area contributed by atoms with Crippen LogP contribution in [0.2, 0.25) is 0 Å². The monoisotopic (exact) mass is 466 g/mol. The number of rotatable bonds is 6. The number of nitrogens with one attached hydrogen (secondary N) is 1. The quantitative estimate of drug-likeness (QED) is 0.516. The Balaban J connectivity index is 0.000000614. The number of ketones is 1. The lowest BCUT2D eigenvalue weighted by atomic mass is 10.2. The first-order valence-corrected chi connectivity index (χ1v) is 11.8. The van der Waals surface area contributed by atoms with E-state index in [1.54, 1.807) is 33.2 Å². The van der Waals surface area contributed by atoms with Gasteiger partial charge in [0.05, 0.1) is 15.5 Å². The van der Waals surface area contributed by atoms with Gasteiger partial charge in [-0.2, -0.15) is 4.31 Å². The molecule has 1 aliphatic rings. The third-order valence-electron chi connectivity index (χ3n) is 4.35. The normalized spacial score (nSPS) is 13.8. The van der Waals surface area contributed by atoms with Gasteiger partial charge in [0.25, 0.3) is 5.91 Å². The van der Waals surface area contributed by atoms with Gasteiger partial charge in [0.1, 0.15) is 0 Å². The lowest BCUT2D eigenvalue weighted by molar-refractivity contribution is -0.115. The van der Waals surface area contributed by atoms with E-state index < -0.39 is 15.9 Å². The number of hydrogen-bond donors (Lipinski definition) is 1. The van der Waals surface area contributed by atoms with Crippen LogP contribution >= 0.6 is 11.3 Å². The van der Waals surface area contributed by atoms with Gasteiger partial charge in [-0.15, -0.1) is 0 Å². The predicted molar refractivity (Wildman–Crippen MR) is 119 cm³/mol. The fourth-order valence-electron chi connectivity index (χ4n) is 2.82. The van der Waals surface area contributed by atoms with Gasteiger partial charge in [0, 0.05) is 39.7 Å². The maximum absolute atomic E-state index is 12.6. The van der Waals surface area contributed by atoms with Gasteiger partial charge in [-0.3, -0.25) is 19.7 Å². The van der Waals surface area contributed by atoms with Crippen LogP contribution in [0.3, 0.4) is 0 Å². The number of benzene rings is 1. The summed E-state index contributed by atoms with van der Waals surface area (Å²) in [5.74, 6) is -0.577. The molecule has 0 atom stereocenters. The van der Waals surface area contributed by atoms with Crippen molar-refractivity contribution in [2.45, 2.75) is 31.6 Å².